The molecule has 0 radical (unpaired) electrons. The minimum atomic E-state index is -0.229. The van der Waals surface area contributed by atoms with Crippen LogP contribution in [0.1, 0.15) is 16.7 Å². The van der Waals surface area contributed by atoms with Crippen molar-refractivity contribution in [3.05, 3.63) is 78.8 Å². The number of amides is 1. The SMILES string of the molecule is Cc1ccc(N2CN=c3sc(=C4C(=O)Nc5ccc(C)cc54)c(=O)n3C2)cc1. The van der Waals surface area contributed by atoms with Gasteiger partial charge in [-0.15, -0.1) is 0 Å². The first-order valence-corrected chi connectivity index (χ1v) is 9.85. The van der Waals surface area contributed by atoms with Gasteiger partial charge >= 0.3 is 0 Å². The fraction of sp³-hybridized carbons (Fsp3) is 0.190. The minimum absolute atomic E-state index is 0.167. The Morgan fingerprint density at radius 3 is 2.57 bits per heavy atom. The first-order valence-electron chi connectivity index (χ1n) is 9.04. The van der Waals surface area contributed by atoms with Crippen LogP contribution in [-0.4, -0.2) is 17.1 Å². The minimum Gasteiger partial charge on any atom is -0.334 e. The Bertz CT molecular complexity index is 1300. The Kier molecular flexibility index (Phi) is 3.73. The lowest BCUT2D eigenvalue weighted by Gasteiger charge is -2.25. The van der Waals surface area contributed by atoms with Crippen molar-refractivity contribution in [3.8, 4) is 0 Å². The standard InChI is InChI=1S/C21H18N4O2S/c1-12-3-6-14(7-4-12)24-10-22-21-25(11-24)20(27)18(28-21)17-15-9-13(2)5-8-16(15)23-19(17)26/h3-9H,10-11H2,1-2H3,(H,23,26). The highest BCUT2D eigenvalue weighted by atomic mass is 32.1. The predicted molar refractivity (Wildman–Crippen MR) is 110 cm³/mol. The summed E-state index contributed by atoms with van der Waals surface area (Å²) in [6.45, 7) is 4.93. The van der Waals surface area contributed by atoms with Crippen molar-refractivity contribution in [2.45, 2.75) is 20.5 Å². The molecule has 0 atom stereocenters. The fourth-order valence-electron chi connectivity index (χ4n) is 3.59. The van der Waals surface area contributed by atoms with Gasteiger partial charge < -0.3 is 10.2 Å². The predicted octanol–water partition coefficient (Wildman–Crippen LogP) is 1.73. The number of fused-ring (bicyclic) bond motifs is 2. The lowest BCUT2D eigenvalue weighted by atomic mass is 10.1. The van der Waals surface area contributed by atoms with Gasteiger partial charge in [0.15, 0.2) is 4.80 Å². The van der Waals surface area contributed by atoms with E-state index in [9.17, 15) is 9.59 Å². The molecule has 2 aliphatic heterocycles. The Labute approximate surface area is 165 Å². The van der Waals surface area contributed by atoms with Gasteiger partial charge in [-0.25, -0.2) is 4.99 Å². The third kappa shape index (κ3) is 2.58. The Morgan fingerprint density at radius 2 is 1.79 bits per heavy atom. The van der Waals surface area contributed by atoms with Crippen LogP contribution in [0.2, 0.25) is 0 Å². The number of rotatable bonds is 1. The first-order chi connectivity index (χ1) is 13.5. The highest BCUT2D eigenvalue weighted by Gasteiger charge is 2.28. The third-order valence-electron chi connectivity index (χ3n) is 5.10. The molecule has 2 aromatic carbocycles. The summed E-state index contributed by atoms with van der Waals surface area (Å²) in [5, 5.41) is 2.86. The van der Waals surface area contributed by atoms with Crippen LogP contribution < -0.4 is 25.1 Å². The van der Waals surface area contributed by atoms with E-state index in [0.717, 1.165) is 22.5 Å². The zero-order valence-electron chi connectivity index (χ0n) is 15.5. The summed E-state index contributed by atoms with van der Waals surface area (Å²) in [5.41, 5.74) is 5.08. The molecule has 0 saturated heterocycles. The first kappa shape index (κ1) is 16.9. The molecule has 0 bridgehead atoms. The van der Waals surface area contributed by atoms with Gasteiger partial charge in [0.05, 0.1) is 5.57 Å². The molecule has 5 rings (SSSR count). The van der Waals surface area contributed by atoms with E-state index in [1.807, 2.05) is 61.2 Å². The molecule has 0 saturated carbocycles. The van der Waals surface area contributed by atoms with E-state index in [2.05, 4.69) is 10.3 Å². The summed E-state index contributed by atoms with van der Waals surface area (Å²) in [7, 11) is 0. The number of benzene rings is 2. The van der Waals surface area contributed by atoms with E-state index in [1.165, 1.54) is 16.9 Å². The molecule has 2 aliphatic rings. The summed E-state index contributed by atoms with van der Waals surface area (Å²) in [6.07, 6.45) is 0. The van der Waals surface area contributed by atoms with Gasteiger partial charge in [0.25, 0.3) is 11.5 Å². The maximum Gasteiger partial charge on any atom is 0.272 e. The largest absolute Gasteiger partial charge is 0.334 e. The topological polar surface area (TPSA) is 66.7 Å². The van der Waals surface area contributed by atoms with E-state index in [-0.39, 0.29) is 11.5 Å². The van der Waals surface area contributed by atoms with Crippen molar-refractivity contribution < 1.29 is 4.79 Å². The van der Waals surface area contributed by atoms with Crippen molar-refractivity contribution >= 4 is 34.2 Å². The van der Waals surface area contributed by atoms with Crippen LogP contribution in [0.25, 0.3) is 5.57 Å². The Morgan fingerprint density at radius 1 is 1.04 bits per heavy atom. The monoisotopic (exact) mass is 390 g/mol. The molecule has 0 spiro atoms. The molecule has 3 heterocycles. The van der Waals surface area contributed by atoms with Crippen molar-refractivity contribution in [1.29, 1.82) is 0 Å². The van der Waals surface area contributed by atoms with Gasteiger partial charge in [-0.3, -0.25) is 14.2 Å². The second-order valence-electron chi connectivity index (χ2n) is 7.14. The summed E-state index contributed by atoms with van der Waals surface area (Å²) in [5.74, 6) is -0.229. The van der Waals surface area contributed by atoms with Crippen LogP contribution in [0.15, 0.2) is 52.3 Å². The number of anilines is 2. The summed E-state index contributed by atoms with van der Waals surface area (Å²) in [6, 6.07) is 13.9. The lowest BCUT2D eigenvalue weighted by molar-refractivity contribution is -0.110. The molecule has 1 amide bonds. The van der Waals surface area contributed by atoms with Crippen LogP contribution in [-0.2, 0) is 11.5 Å². The quantitative estimate of drug-likeness (QED) is 0.688. The lowest BCUT2D eigenvalue weighted by Crippen LogP contribution is -2.43. The number of thiazole rings is 1. The summed E-state index contributed by atoms with van der Waals surface area (Å²) >= 11 is 1.29. The van der Waals surface area contributed by atoms with Crippen LogP contribution in [0, 0.1) is 13.8 Å². The summed E-state index contributed by atoms with van der Waals surface area (Å²) in [4.78, 5) is 33.0. The van der Waals surface area contributed by atoms with E-state index in [0.29, 0.717) is 28.2 Å². The number of hydrogen-bond acceptors (Lipinski definition) is 5. The Hall–Kier alpha value is -3.19. The van der Waals surface area contributed by atoms with Crippen molar-refractivity contribution in [2.75, 3.05) is 16.9 Å². The smallest absolute Gasteiger partial charge is 0.272 e. The Balaban J connectivity index is 1.65. The highest BCUT2D eigenvalue weighted by molar-refractivity contribution is 7.07. The van der Waals surface area contributed by atoms with Crippen LogP contribution in [0.4, 0.5) is 11.4 Å². The van der Waals surface area contributed by atoms with Crippen LogP contribution in [0.5, 0.6) is 0 Å². The number of aryl methyl sites for hydroxylation is 2. The van der Waals surface area contributed by atoms with Gasteiger partial charge in [-0.05, 0) is 38.1 Å². The van der Waals surface area contributed by atoms with Crippen LogP contribution in [0.3, 0.4) is 0 Å². The van der Waals surface area contributed by atoms with Gasteiger partial charge in [-0.2, -0.15) is 0 Å². The maximum atomic E-state index is 13.2. The van der Waals surface area contributed by atoms with E-state index in [1.54, 1.807) is 4.57 Å². The number of aromatic nitrogens is 1. The summed E-state index contributed by atoms with van der Waals surface area (Å²) < 4.78 is 2.10. The molecule has 6 nitrogen and oxygen atoms in total. The average molecular weight is 390 g/mol. The van der Waals surface area contributed by atoms with Gasteiger partial charge in [-0.1, -0.05) is 40.7 Å². The number of nitrogens with one attached hydrogen (secondary N) is 1. The van der Waals surface area contributed by atoms with Gasteiger partial charge in [0, 0.05) is 16.9 Å². The molecule has 0 aliphatic carbocycles. The number of carbonyl (C=O) groups is 1. The van der Waals surface area contributed by atoms with Gasteiger partial charge in [0.1, 0.15) is 17.9 Å². The van der Waals surface area contributed by atoms with Gasteiger partial charge in [0.2, 0.25) is 0 Å². The van der Waals surface area contributed by atoms with Crippen molar-refractivity contribution in [1.82, 2.24) is 4.57 Å². The van der Waals surface area contributed by atoms with Crippen molar-refractivity contribution in [3.63, 3.8) is 0 Å². The third-order valence-corrected chi connectivity index (χ3v) is 6.21. The van der Waals surface area contributed by atoms with Crippen LogP contribution >= 0.6 is 11.3 Å². The average Bonchev–Trinajstić information content (AvgIpc) is 3.17. The number of carbonyl (C=O) groups excluding carboxylic acids is 1. The second-order valence-corrected chi connectivity index (χ2v) is 8.12. The number of nitrogens with zero attached hydrogens (tertiary/aromatic N) is 3. The zero-order valence-corrected chi connectivity index (χ0v) is 16.3. The number of hydrogen-bond donors (Lipinski definition) is 1. The molecular formula is C21H18N4O2S. The normalized spacial score (nSPS) is 17.1. The van der Waals surface area contributed by atoms with E-state index < -0.39 is 0 Å². The molecule has 140 valence electrons. The molecular weight excluding hydrogens is 372 g/mol. The maximum absolute atomic E-state index is 13.2. The zero-order chi connectivity index (χ0) is 19.4. The van der Waals surface area contributed by atoms with Crippen molar-refractivity contribution in [2.24, 2.45) is 4.99 Å². The molecule has 3 aromatic rings. The second kappa shape index (κ2) is 6.17. The highest BCUT2D eigenvalue weighted by Crippen LogP contribution is 2.30. The molecule has 28 heavy (non-hydrogen) atoms. The fourth-order valence-corrected chi connectivity index (χ4v) is 4.64. The molecule has 0 fully saturated rings. The molecule has 0 unspecified atom stereocenters. The molecule has 1 N–H and O–H groups in total. The van der Waals surface area contributed by atoms with E-state index >= 15 is 0 Å². The molecule has 7 heteroatoms. The van der Waals surface area contributed by atoms with E-state index in [4.69, 9.17) is 0 Å². The molecule has 1 aromatic heterocycles.